The first-order valence-corrected chi connectivity index (χ1v) is 4.04. The van der Waals surface area contributed by atoms with E-state index in [1.165, 1.54) is 13.2 Å². The van der Waals surface area contributed by atoms with Crippen molar-refractivity contribution in [3.05, 3.63) is 35.3 Å². The van der Waals surface area contributed by atoms with Crippen LogP contribution in [0.5, 0.6) is 0 Å². The summed E-state index contributed by atoms with van der Waals surface area (Å²) in [4.78, 5) is 26.8. The maximum atomic E-state index is 11.5. The van der Waals surface area contributed by atoms with Gasteiger partial charge in [-0.2, -0.15) is 0 Å². The Morgan fingerprint density at radius 1 is 1.29 bits per heavy atom. The molecule has 0 radical (unpaired) electrons. The van der Waals surface area contributed by atoms with Crippen molar-refractivity contribution in [2.75, 3.05) is 7.11 Å². The molecule has 1 aliphatic rings. The van der Waals surface area contributed by atoms with E-state index in [-0.39, 0.29) is 5.76 Å². The number of allylic oxidation sites excluding steroid dienone is 1. The molecule has 4 nitrogen and oxygen atoms in total. The summed E-state index contributed by atoms with van der Waals surface area (Å²) in [6.07, 6.45) is 3.03. The van der Waals surface area contributed by atoms with Crippen LogP contribution in [0.15, 0.2) is 24.1 Å². The molecular weight excluding hydrogens is 182 g/mol. The quantitative estimate of drug-likeness (QED) is 0.614. The molecule has 14 heavy (non-hydrogen) atoms. The van der Waals surface area contributed by atoms with Crippen molar-refractivity contribution in [1.82, 2.24) is 4.98 Å². The number of carbonyl (C=O) groups excluding carboxylic acids is 2. The highest BCUT2D eigenvalue weighted by Crippen LogP contribution is 2.19. The summed E-state index contributed by atoms with van der Waals surface area (Å²) >= 11 is 0. The summed E-state index contributed by atoms with van der Waals surface area (Å²) in [7, 11) is 1.35. The number of fused-ring (bicyclic) bond motifs is 1. The molecule has 4 heteroatoms. The molecular formula is C10H7NO3. The summed E-state index contributed by atoms with van der Waals surface area (Å²) in [6, 6.07) is 3.20. The van der Waals surface area contributed by atoms with Crippen molar-refractivity contribution < 1.29 is 14.3 Å². The number of aromatic nitrogens is 1. The fraction of sp³-hybridized carbons (Fsp3) is 0.100. The first-order chi connectivity index (χ1) is 6.74. The van der Waals surface area contributed by atoms with Gasteiger partial charge in [-0.3, -0.25) is 14.6 Å². The van der Waals surface area contributed by atoms with Crippen LogP contribution in [0.1, 0.15) is 16.1 Å². The van der Waals surface area contributed by atoms with Crippen molar-refractivity contribution in [2.45, 2.75) is 0 Å². The summed E-state index contributed by atoms with van der Waals surface area (Å²) < 4.78 is 4.78. The number of Topliss-reactive ketones (excluding diaryl/α,β-unsaturated/α-hetero) is 2. The molecule has 70 valence electrons. The predicted molar refractivity (Wildman–Crippen MR) is 48.6 cm³/mol. The van der Waals surface area contributed by atoms with Gasteiger partial charge in [0.25, 0.3) is 5.78 Å². The van der Waals surface area contributed by atoms with Crippen LogP contribution in [0.4, 0.5) is 0 Å². The Labute approximate surface area is 80.2 Å². The molecule has 0 spiro atoms. The van der Waals surface area contributed by atoms with Gasteiger partial charge < -0.3 is 4.74 Å². The Morgan fingerprint density at radius 2 is 2.07 bits per heavy atom. The van der Waals surface area contributed by atoms with Crippen LogP contribution >= 0.6 is 0 Å². The van der Waals surface area contributed by atoms with Gasteiger partial charge in [0.2, 0.25) is 5.78 Å². The van der Waals surface area contributed by atoms with Gasteiger partial charge in [0.05, 0.1) is 18.4 Å². The number of nitrogens with zero attached hydrogens (tertiary/aromatic N) is 1. The van der Waals surface area contributed by atoms with Crippen molar-refractivity contribution in [1.29, 1.82) is 0 Å². The molecule has 0 saturated carbocycles. The van der Waals surface area contributed by atoms with Gasteiger partial charge in [-0.05, 0) is 12.1 Å². The van der Waals surface area contributed by atoms with E-state index in [1.807, 2.05) is 0 Å². The molecule has 0 N–H and O–H groups in total. The number of rotatable bonds is 1. The van der Waals surface area contributed by atoms with Gasteiger partial charge in [-0.1, -0.05) is 0 Å². The van der Waals surface area contributed by atoms with Gasteiger partial charge in [-0.25, -0.2) is 0 Å². The Kier molecular flexibility index (Phi) is 1.89. The Hall–Kier alpha value is -1.97. The summed E-state index contributed by atoms with van der Waals surface area (Å²) in [5.41, 5.74) is 0.812. The van der Waals surface area contributed by atoms with Crippen LogP contribution in [-0.2, 0) is 9.53 Å². The first kappa shape index (κ1) is 8.62. The number of hydrogen-bond acceptors (Lipinski definition) is 4. The maximum absolute atomic E-state index is 11.5. The highest BCUT2D eigenvalue weighted by molar-refractivity contribution is 6.51. The monoisotopic (exact) mass is 189 g/mol. The second-order valence-corrected chi connectivity index (χ2v) is 2.81. The highest BCUT2D eigenvalue weighted by Gasteiger charge is 2.28. The number of methoxy groups -OCH3 is 1. The van der Waals surface area contributed by atoms with E-state index in [9.17, 15) is 9.59 Å². The second kappa shape index (κ2) is 3.06. The smallest absolute Gasteiger partial charge is 0.268 e. The van der Waals surface area contributed by atoms with Crippen molar-refractivity contribution >= 4 is 17.6 Å². The molecule has 0 aliphatic heterocycles. The minimum atomic E-state index is -0.618. The van der Waals surface area contributed by atoms with Gasteiger partial charge in [0, 0.05) is 12.3 Å². The third-order valence-electron chi connectivity index (χ3n) is 2.00. The Morgan fingerprint density at radius 3 is 2.79 bits per heavy atom. The molecule has 2 rings (SSSR count). The van der Waals surface area contributed by atoms with Gasteiger partial charge in [0.15, 0.2) is 5.76 Å². The van der Waals surface area contributed by atoms with E-state index in [2.05, 4.69) is 4.98 Å². The molecule has 0 aromatic carbocycles. The van der Waals surface area contributed by atoms with E-state index in [0.717, 1.165) is 0 Å². The van der Waals surface area contributed by atoms with Crippen LogP contribution < -0.4 is 0 Å². The zero-order valence-corrected chi connectivity index (χ0v) is 7.48. The second-order valence-electron chi connectivity index (χ2n) is 2.81. The average molecular weight is 189 g/mol. The van der Waals surface area contributed by atoms with Gasteiger partial charge in [0.1, 0.15) is 0 Å². The standard InChI is InChI=1S/C10H7NO3/c1-14-8-5-7-6(3-2-4-11-7)9(12)10(8)13/h2-5H,1H3. The molecule has 0 amide bonds. The summed E-state index contributed by atoms with van der Waals surface area (Å²) in [5, 5.41) is 0. The number of ketones is 2. The maximum Gasteiger partial charge on any atom is 0.268 e. The molecule has 0 unspecified atom stereocenters. The summed E-state index contributed by atoms with van der Waals surface area (Å²) in [5.74, 6) is -1.14. The lowest BCUT2D eigenvalue weighted by atomic mass is 9.98. The minimum Gasteiger partial charge on any atom is -0.492 e. The number of hydrogen-bond donors (Lipinski definition) is 0. The lowest BCUT2D eigenvalue weighted by Gasteiger charge is -2.11. The fourth-order valence-corrected chi connectivity index (χ4v) is 1.30. The number of ether oxygens (including phenoxy) is 1. The minimum absolute atomic E-state index is 0.0428. The van der Waals surface area contributed by atoms with Crippen molar-refractivity contribution in [3.63, 3.8) is 0 Å². The lowest BCUT2D eigenvalue weighted by Crippen LogP contribution is -2.22. The van der Waals surface area contributed by atoms with Crippen LogP contribution in [0.3, 0.4) is 0 Å². The molecule has 0 bridgehead atoms. The molecule has 0 atom stereocenters. The SMILES string of the molecule is COC1=Cc2ncccc2C(=O)C1=O. The molecule has 1 heterocycles. The van der Waals surface area contributed by atoms with Crippen molar-refractivity contribution in [3.8, 4) is 0 Å². The summed E-state index contributed by atoms with van der Waals surface area (Å²) in [6.45, 7) is 0. The van der Waals surface area contributed by atoms with Crippen molar-refractivity contribution in [2.24, 2.45) is 0 Å². The van der Waals surface area contributed by atoms with E-state index >= 15 is 0 Å². The largest absolute Gasteiger partial charge is 0.492 e. The van der Waals surface area contributed by atoms with Crippen LogP contribution in [0.2, 0.25) is 0 Å². The first-order valence-electron chi connectivity index (χ1n) is 4.04. The number of pyridine rings is 1. The van der Waals surface area contributed by atoms with Gasteiger partial charge in [-0.15, -0.1) is 0 Å². The zero-order valence-electron chi connectivity index (χ0n) is 7.48. The zero-order chi connectivity index (χ0) is 10.1. The lowest BCUT2D eigenvalue weighted by molar-refractivity contribution is -0.114. The normalized spacial score (nSPS) is 14.8. The molecule has 0 fully saturated rings. The highest BCUT2D eigenvalue weighted by atomic mass is 16.5. The fourth-order valence-electron chi connectivity index (χ4n) is 1.30. The third-order valence-corrected chi connectivity index (χ3v) is 2.00. The molecule has 1 aromatic heterocycles. The molecule has 1 aromatic rings. The van der Waals surface area contributed by atoms with Crippen LogP contribution in [-0.4, -0.2) is 23.7 Å². The Balaban J connectivity index is 2.63. The Bertz CT molecular complexity index is 448. The van der Waals surface area contributed by atoms with E-state index in [1.54, 1.807) is 18.3 Å². The van der Waals surface area contributed by atoms with Gasteiger partial charge >= 0.3 is 0 Å². The predicted octanol–water partition coefficient (Wildman–Crippen LogP) is 0.834. The average Bonchev–Trinajstić information content (AvgIpc) is 2.23. The molecule has 1 aliphatic carbocycles. The number of carbonyl (C=O) groups is 2. The van der Waals surface area contributed by atoms with E-state index in [0.29, 0.717) is 11.3 Å². The van der Waals surface area contributed by atoms with Crippen LogP contribution in [0, 0.1) is 0 Å². The topological polar surface area (TPSA) is 56.3 Å². The molecule has 0 saturated heterocycles. The van der Waals surface area contributed by atoms with E-state index < -0.39 is 11.6 Å². The third kappa shape index (κ3) is 1.12. The van der Waals surface area contributed by atoms with E-state index in [4.69, 9.17) is 4.74 Å². The van der Waals surface area contributed by atoms with Crippen LogP contribution in [0.25, 0.3) is 6.08 Å².